The minimum absolute atomic E-state index is 0.115. The third-order valence-corrected chi connectivity index (χ3v) is 6.18. The van der Waals surface area contributed by atoms with Crippen LogP contribution in [-0.4, -0.2) is 26.3 Å². The van der Waals surface area contributed by atoms with Gasteiger partial charge in [0.1, 0.15) is 5.58 Å². The number of benzene rings is 1. The molecule has 0 N–H and O–H groups in total. The first-order chi connectivity index (χ1) is 11.9. The summed E-state index contributed by atoms with van der Waals surface area (Å²) >= 11 is 6.39. The summed E-state index contributed by atoms with van der Waals surface area (Å²) in [6, 6.07) is 4.90. The largest absolute Gasteiger partial charge is 0.422 e. The Balaban J connectivity index is 2.65. The summed E-state index contributed by atoms with van der Waals surface area (Å²) in [7, 11) is -3.73. The van der Waals surface area contributed by atoms with Crippen LogP contribution in [0.5, 0.6) is 0 Å². The molecular formula is C17H23ClNO5P. The van der Waals surface area contributed by atoms with Gasteiger partial charge in [0.15, 0.2) is 5.30 Å². The number of hydrogen-bond acceptors (Lipinski definition) is 6. The van der Waals surface area contributed by atoms with Crippen molar-refractivity contribution in [2.45, 2.75) is 27.7 Å². The maximum atomic E-state index is 12.9. The molecule has 0 unspecified atom stereocenters. The van der Waals surface area contributed by atoms with Gasteiger partial charge in [-0.15, -0.1) is 0 Å². The number of rotatable bonds is 8. The lowest BCUT2D eigenvalue weighted by Gasteiger charge is -2.22. The van der Waals surface area contributed by atoms with Crippen molar-refractivity contribution >= 4 is 41.2 Å². The van der Waals surface area contributed by atoms with E-state index >= 15 is 0 Å². The zero-order valence-corrected chi connectivity index (χ0v) is 16.5. The second kappa shape index (κ2) is 8.37. The zero-order chi connectivity index (χ0) is 18.6. The third kappa shape index (κ3) is 4.09. The summed E-state index contributed by atoms with van der Waals surface area (Å²) in [6.45, 7) is 9.24. The molecule has 6 nitrogen and oxygen atoms in total. The Bertz CT molecular complexity index is 837. The molecule has 8 heteroatoms. The van der Waals surface area contributed by atoms with Crippen LogP contribution in [0.3, 0.4) is 0 Å². The molecule has 0 spiro atoms. The van der Waals surface area contributed by atoms with E-state index in [4.69, 9.17) is 25.1 Å². The number of fused-ring (bicyclic) bond motifs is 1. The second-order valence-electron chi connectivity index (χ2n) is 5.27. The van der Waals surface area contributed by atoms with E-state index in [0.717, 1.165) is 18.8 Å². The van der Waals surface area contributed by atoms with E-state index in [1.807, 2.05) is 13.8 Å². The Morgan fingerprint density at radius 1 is 1.08 bits per heavy atom. The van der Waals surface area contributed by atoms with Crippen molar-refractivity contribution in [1.29, 1.82) is 0 Å². The number of anilines is 1. The van der Waals surface area contributed by atoms with Crippen LogP contribution < -0.4 is 15.8 Å². The van der Waals surface area contributed by atoms with Crippen LogP contribution >= 0.6 is 19.2 Å². The van der Waals surface area contributed by atoms with Gasteiger partial charge < -0.3 is 18.4 Å². The van der Waals surface area contributed by atoms with Crippen molar-refractivity contribution in [2.24, 2.45) is 0 Å². The number of hydrogen-bond donors (Lipinski definition) is 0. The first-order valence-electron chi connectivity index (χ1n) is 8.32. The Morgan fingerprint density at radius 2 is 1.68 bits per heavy atom. The van der Waals surface area contributed by atoms with Gasteiger partial charge in [-0.05, 0) is 39.8 Å². The normalized spacial score (nSPS) is 11.9. The SMILES string of the molecule is CCOP(=O)(OCC)c1cc2cc(Cl)c(N(CC)CC)cc2oc1=O. The van der Waals surface area contributed by atoms with Crippen molar-refractivity contribution in [2.75, 3.05) is 31.2 Å². The second-order valence-corrected chi connectivity index (χ2v) is 7.67. The Kier molecular flexibility index (Phi) is 6.69. The Hall–Kier alpha value is -1.33. The van der Waals surface area contributed by atoms with Gasteiger partial charge in [-0.25, -0.2) is 4.79 Å². The molecule has 1 aromatic carbocycles. The van der Waals surface area contributed by atoms with Gasteiger partial charge in [0, 0.05) is 24.5 Å². The fraction of sp³-hybridized carbons (Fsp3) is 0.471. The molecule has 0 radical (unpaired) electrons. The fourth-order valence-electron chi connectivity index (χ4n) is 2.63. The lowest BCUT2D eigenvalue weighted by atomic mass is 10.2. The van der Waals surface area contributed by atoms with Crippen molar-refractivity contribution in [3.63, 3.8) is 0 Å². The van der Waals surface area contributed by atoms with Gasteiger partial charge in [0.2, 0.25) is 0 Å². The molecule has 0 fully saturated rings. The summed E-state index contributed by atoms with van der Waals surface area (Å²) in [5.74, 6) is 0. The van der Waals surface area contributed by atoms with Crippen LogP contribution in [0, 0.1) is 0 Å². The molecule has 0 aliphatic rings. The van der Waals surface area contributed by atoms with Gasteiger partial charge >= 0.3 is 13.2 Å². The first kappa shape index (κ1) is 20.0. The van der Waals surface area contributed by atoms with Crippen molar-refractivity contribution in [3.05, 3.63) is 33.6 Å². The summed E-state index contributed by atoms with van der Waals surface area (Å²) in [5, 5.41) is 0.976. The minimum atomic E-state index is -3.73. The van der Waals surface area contributed by atoms with Crippen LogP contribution in [0.25, 0.3) is 11.0 Å². The highest BCUT2D eigenvalue weighted by atomic mass is 35.5. The molecule has 0 aliphatic heterocycles. The first-order valence-corrected chi connectivity index (χ1v) is 10.2. The van der Waals surface area contributed by atoms with E-state index < -0.39 is 13.2 Å². The van der Waals surface area contributed by atoms with Crippen LogP contribution in [-0.2, 0) is 13.6 Å². The number of nitrogens with zero attached hydrogens (tertiary/aromatic N) is 1. The van der Waals surface area contributed by atoms with Gasteiger partial charge in [-0.1, -0.05) is 11.6 Å². The molecule has 1 aromatic heterocycles. The Morgan fingerprint density at radius 3 is 2.20 bits per heavy atom. The molecule has 0 saturated heterocycles. The van der Waals surface area contributed by atoms with Crippen LogP contribution in [0.2, 0.25) is 5.02 Å². The molecule has 2 aromatic rings. The fourth-order valence-corrected chi connectivity index (χ4v) is 4.52. The number of halogens is 1. The van der Waals surface area contributed by atoms with Gasteiger partial charge in [-0.3, -0.25) is 4.57 Å². The molecule has 1 heterocycles. The van der Waals surface area contributed by atoms with E-state index in [-0.39, 0.29) is 18.5 Å². The third-order valence-electron chi connectivity index (χ3n) is 3.78. The highest BCUT2D eigenvalue weighted by molar-refractivity contribution is 7.62. The lowest BCUT2D eigenvalue weighted by Crippen LogP contribution is -2.26. The molecule has 25 heavy (non-hydrogen) atoms. The summed E-state index contributed by atoms with van der Waals surface area (Å²) < 4.78 is 28.8. The highest BCUT2D eigenvalue weighted by Crippen LogP contribution is 2.46. The van der Waals surface area contributed by atoms with Crippen molar-refractivity contribution in [3.8, 4) is 0 Å². The molecule has 138 valence electrons. The molecule has 0 bridgehead atoms. The van der Waals surface area contributed by atoms with Gasteiger partial charge in [0.05, 0.1) is 23.9 Å². The molecule has 0 atom stereocenters. The Labute approximate surface area is 152 Å². The average Bonchev–Trinajstić information content (AvgIpc) is 2.56. The van der Waals surface area contributed by atoms with Crippen LogP contribution in [0.4, 0.5) is 5.69 Å². The molecule has 0 aliphatic carbocycles. The summed E-state index contributed by atoms with van der Waals surface area (Å²) in [6.07, 6.45) is 0. The zero-order valence-electron chi connectivity index (χ0n) is 14.9. The summed E-state index contributed by atoms with van der Waals surface area (Å²) in [5.41, 5.74) is 0.429. The van der Waals surface area contributed by atoms with E-state index in [1.165, 1.54) is 6.07 Å². The lowest BCUT2D eigenvalue weighted by molar-refractivity contribution is 0.229. The van der Waals surface area contributed by atoms with Crippen LogP contribution in [0.15, 0.2) is 27.4 Å². The predicted molar refractivity (Wildman–Crippen MR) is 102 cm³/mol. The van der Waals surface area contributed by atoms with E-state index in [0.29, 0.717) is 16.0 Å². The van der Waals surface area contributed by atoms with E-state index in [2.05, 4.69) is 4.90 Å². The van der Waals surface area contributed by atoms with Gasteiger partial charge in [-0.2, -0.15) is 0 Å². The molecule has 0 amide bonds. The van der Waals surface area contributed by atoms with Crippen molar-refractivity contribution < 1.29 is 18.0 Å². The monoisotopic (exact) mass is 387 g/mol. The van der Waals surface area contributed by atoms with E-state index in [9.17, 15) is 9.36 Å². The smallest absolute Gasteiger partial charge is 0.368 e. The molecule has 0 saturated carbocycles. The standard InChI is InChI=1S/C17H23ClNO5P/c1-5-19(6-2)14-11-15-12(9-13(14)18)10-16(17(20)24-15)25(21,22-7-3)23-8-4/h9-11H,5-8H2,1-4H3. The maximum Gasteiger partial charge on any atom is 0.368 e. The van der Waals surface area contributed by atoms with Crippen LogP contribution in [0.1, 0.15) is 27.7 Å². The maximum absolute atomic E-state index is 12.9. The van der Waals surface area contributed by atoms with Crippen molar-refractivity contribution in [1.82, 2.24) is 0 Å². The minimum Gasteiger partial charge on any atom is -0.422 e. The molecular weight excluding hydrogens is 365 g/mol. The topological polar surface area (TPSA) is 69.0 Å². The quantitative estimate of drug-likeness (QED) is 0.500. The average molecular weight is 388 g/mol. The highest BCUT2D eigenvalue weighted by Gasteiger charge is 2.31. The van der Waals surface area contributed by atoms with E-state index in [1.54, 1.807) is 26.0 Å². The summed E-state index contributed by atoms with van der Waals surface area (Å²) in [4.78, 5) is 14.4. The molecule has 2 rings (SSSR count). The predicted octanol–water partition coefficient (Wildman–Crippen LogP) is 4.18. The van der Waals surface area contributed by atoms with Gasteiger partial charge in [0.25, 0.3) is 0 Å².